The van der Waals surface area contributed by atoms with Gasteiger partial charge in [-0.3, -0.25) is 0 Å². The van der Waals surface area contributed by atoms with E-state index >= 15 is 0 Å². The predicted octanol–water partition coefficient (Wildman–Crippen LogP) is 29.1. The van der Waals surface area contributed by atoms with Gasteiger partial charge in [0.1, 0.15) is 0 Å². The second kappa shape index (κ2) is 29.0. The van der Waals surface area contributed by atoms with Crippen molar-refractivity contribution in [1.82, 2.24) is 19.9 Å². The number of hydrogen-bond donors (Lipinski definition) is 0. The molecule has 0 atom stereocenters. The lowest BCUT2D eigenvalue weighted by molar-refractivity contribution is 0.794. The lowest BCUT2D eigenvalue weighted by atomic mass is 9.70. The van der Waals surface area contributed by atoms with Crippen LogP contribution >= 0.6 is 0 Å². The highest BCUT2D eigenvalue weighted by Crippen LogP contribution is 2.66. The van der Waals surface area contributed by atoms with Gasteiger partial charge >= 0.3 is 0 Å². The predicted molar refractivity (Wildman–Crippen MR) is 489 cm³/mol. The zero-order chi connectivity index (χ0) is 79.8. The highest BCUT2D eigenvalue weighted by Gasteiger charge is 2.53. The summed E-state index contributed by atoms with van der Waals surface area (Å²) in [7, 11) is 0. The van der Waals surface area contributed by atoms with E-state index in [1.807, 2.05) is 54.6 Å². The van der Waals surface area contributed by atoms with E-state index in [0.29, 0.717) is 23.0 Å². The molecule has 0 radical (unpaired) electrons. The Balaban J connectivity index is 0.000000145. The molecule has 2 aromatic heterocycles. The Bertz CT molecular complexity index is 7240. The average molecular weight is 1520 g/mol. The van der Waals surface area contributed by atoms with Gasteiger partial charge in [-0.1, -0.05) is 364 Å². The van der Waals surface area contributed by atoms with E-state index in [1.165, 1.54) is 77.9 Å². The first-order valence-corrected chi connectivity index (χ1v) is 40.6. The monoisotopic (exact) mass is 1520 g/mol. The molecule has 6 heteroatoms. The van der Waals surface area contributed by atoms with Crippen molar-refractivity contribution in [1.29, 1.82) is 0 Å². The average Bonchev–Trinajstić information content (AvgIpc) is 1.51. The van der Waals surface area contributed by atoms with Gasteiger partial charge in [-0.2, -0.15) is 0 Å². The van der Waals surface area contributed by atoms with E-state index < -0.39 is 10.8 Å². The summed E-state index contributed by atoms with van der Waals surface area (Å²) in [5, 5.41) is 0. The Kier molecular flexibility index (Phi) is 17.0. The molecule has 4 aliphatic carbocycles. The van der Waals surface area contributed by atoms with Crippen LogP contribution in [0.5, 0.6) is 0 Å². The lowest BCUT2D eigenvalue weighted by Gasteiger charge is -2.30. The molecule has 120 heavy (non-hydrogen) atoms. The molecule has 6 nitrogen and oxygen atoms in total. The third-order valence-electron chi connectivity index (χ3n) is 24.7. The van der Waals surface area contributed by atoms with Crippen molar-refractivity contribution in [2.24, 2.45) is 0 Å². The van der Waals surface area contributed by atoms with Crippen LogP contribution in [0.25, 0.3) is 178 Å². The third-order valence-corrected chi connectivity index (χ3v) is 24.7. The molecular formula is C114H70N6. The molecule has 2 heterocycles. The molecular weight excluding hydrogens is 1450 g/mol. The smallest absolute Gasteiger partial charge is 0.187 e. The number of nitrogens with zero attached hydrogens (tertiary/aromatic N) is 6. The second-order valence-electron chi connectivity index (χ2n) is 31.2. The molecule has 0 aliphatic heterocycles. The van der Waals surface area contributed by atoms with Gasteiger partial charge in [0.05, 0.1) is 46.7 Å². The largest absolute Gasteiger partial charge is 0.238 e. The van der Waals surface area contributed by atoms with Gasteiger partial charge in [-0.25, -0.2) is 29.6 Å². The molecule has 0 amide bonds. The summed E-state index contributed by atoms with van der Waals surface area (Å²) in [6.45, 7) is 15.7. The van der Waals surface area contributed by atoms with E-state index in [9.17, 15) is 0 Å². The van der Waals surface area contributed by atoms with Crippen LogP contribution in [0.1, 0.15) is 44.5 Å². The van der Waals surface area contributed by atoms with Crippen LogP contribution in [-0.2, 0) is 10.8 Å². The molecule has 23 rings (SSSR count). The molecule has 0 bridgehead atoms. The molecule has 2 spiro atoms. The van der Waals surface area contributed by atoms with Gasteiger partial charge in [-0.05, 0) is 205 Å². The van der Waals surface area contributed by atoms with Crippen molar-refractivity contribution in [3.63, 3.8) is 0 Å². The molecule has 4 aliphatic rings. The van der Waals surface area contributed by atoms with Crippen LogP contribution in [0, 0.1) is 13.1 Å². The van der Waals surface area contributed by atoms with Crippen LogP contribution in [0.4, 0.5) is 11.4 Å². The van der Waals surface area contributed by atoms with E-state index in [2.05, 4.69) is 380 Å². The first kappa shape index (κ1) is 70.5. The molecule has 556 valence electrons. The number of aromatic nitrogens is 4. The molecule has 19 aromatic rings. The Hall–Kier alpha value is -16.1. The van der Waals surface area contributed by atoms with Crippen LogP contribution in [0.15, 0.2) is 425 Å². The first-order valence-electron chi connectivity index (χ1n) is 40.6. The molecule has 0 unspecified atom stereocenters. The Morgan fingerprint density at radius 3 is 0.817 bits per heavy atom. The number of benzene rings is 17. The van der Waals surface area contributed by atoms with Crippen molar-refractivity contribution in [2.45, 2.75) is 10.8 Å². The molecule has 0 saturated heterocycles. The molecule has 0 fully saturated rings. The van der Waals surface area contributed by atoms with Gasteiger partial charge in [0, 0.05) is 33.4 Å². The minimum Gasteiger partial charge on any atom is -0.238 e. The number of rotatable bonds is 11. The van der Waals surface area contributed by atoms with Gasteiger partial charge < -0.3 is 0 Å². The van der Waals surface area contributed by atoms with E-state index in [1.54, 1.807) is 0 Å². The summed E-state index contributed by atoms with van der Waals surface area (Å²) in [5.41, 5.74) is 41.0. The van der Waals surface area contributed by atoms with Crippen LogP contribution in [0.3, 0.4) is 0 Å². The fraction of sp³-hybridized carbons (Fsp3) is 0.0175. The summed E-state index contributed by atoms with van der Waals surface area (Å²) in [5.74, 6) is 1.37. The highest BCUT2D eigenvalue weighted by atomic mass is 14.9. The van der Waals surface area contributed by atoms with Gasteiger partial charge in [0.15, 0.2) is 23.0 Å². The molecule has 17 aromatic carbocycles. The SMILES string of the molecule is [C-]#[N+]c1ccc2c(c1)-c1ccc(-c3ccc(-c4cc(-c5cc(-c6ccccc6)cc(-c6ccccc6)c5)nc(-c5ccccc5)n4)cc3)cc1C21c2ccccc2-c2ccccc21.[C-]#[N+]c1ccc2c(c1)-c1ccc(-c3ccc(-c4cc(-c5ccccc5)nc(-c5cccc(-c6ccccc6)c5)n4)cc3)cc1C21c2ccccc2-c2ccccc21. The van der Waals surface area contributed by atoms with Crippen LogP contribution in [-0.4, -0.2) is 19.9 Å². The lowest BCUT2D eigenvalue weighted by Crippen LogP contribution is -2.25. The van der Waals surface area contributed by atoms with E-state index in [-0.39, 0.29) is 0 Å². The first-order chi connectivity index (χ1) is 59.3. The summed E-state index contributed by atoms with van der Waals surface area (Å²) >= 11 is 0. The number of fused-ring (bicyclic) bond motifs is 20. The van der Waals surface area contributed by atoms with Crippen LogP contribution in [0.2, 0.25) is 0 Å². The van der Waals surface area contributed by atoms with Crippen molar-refractivity contribution >= 4 is 11.4 Å². The van der Waals surface area contributed by atoms with Crippen molar-refractivity contribution in [3.05, 3.63) is 492 Å². The maximum atomic E-state index is 7.86. The summed E-state index contributed by atoms with van der Waals surface area (Å²) < 4.78 is 0. The Morgan fingerprint density at radius 2 is 0.417 bits per heavy atom. The topological polar surface area (TPSA) is 60.3 Å². The van der Waals surface area contributed by atoms with Crippen molar-refractivity contribution in [2.75, 3.05) is 0 Å². The van der Waals surface area contributed by atoms with Gasteiger partial charge in [0.2, 0.25) is 0 Å². The standard InChI is InChI=1S/C60H37N3.C54H33N3/c1-61-48-30-32-55-52(37-48)51-31-29-44(36-56(51)60(55)53-23-13-11-21-49(53)50-22-12-14-24-54(50)60)41-25-27-42(28-26-41)57-38-58(63-59(62-57)43-19-9-4-10-20-43)47-34-45(39-15-5-2-6-16-39)33-46(35-47)40-17-7-3-8-18-40;1-55-42-28-30-49-46(33-42)45-29-27-40(32-50(45)54(49)47-21-10-8-19-43(47)44-20-9-11-22-48(44)54)36-23-25-38(26-24-36)52-34-51(37-15-6-3-7-16-37)56-53(57-52)41-18-12-17-39(31-41)35-13-4-2-5-14-35/h2-38H;2-34H. The Morgan fingerprint density at radius 1 is 0.158 bits per heavy atom. The zero-order valence-corrected chi connectivity index (χ0v) is 65.1. The fourth-order valence-corrected chi connectivity index (χ4v) is 19.2. The normalized spacial score (nSPS) is 12.6. The molecule has 0 saturated carbocycles. The zero-order valence-electron chi connectivity index (χ0n) is 65.1. The number of hydrogen-bond acceptors (Lipinski definition) is 4. The van der Waals surface area contributed by atoms with Gasteiger partial charge in [-0.15, -0.1) is 0 Å². The minimum absolute atomic E-state index is 0.475. The Labute approximate surface area is 697 Å². The third kappa shape index (κ3) is 11.7. The fourth-order valence-electron chi connectivity index (χ4n) is 19.2. The minimum atomic E-state index is -0.488. The molecule has 0 N–H and O–H groups in total. The second-order valence-corrected chi connectivity index (χ2v) is 31.2. The van der Waals surface area contributed by atoms with Crippen LogP contribution < -0.4 is 0 Å². The van der Waals surface area contributed by atoms with E-state index in [4.69, 9.17) is 33.1 Å². The summed E-state index contributed by atoms with van der Waals surface area (Å²) in [6, 6.07) is 151. The van der Waals surface area contributed by atoms with E-state index in [0.717, 1.165) is 123 Å². The maximum absolute atomic E-state index is 7.86. The van der Waals surface area contributed by atoms with Crippen molar-refractivity contribution < 1.29 is 0 Å². The summed E-state index contributed by atoms with van der Waals surface area (Å²) in [4.78, 5) is 28.4. The van der Waals surface area contributed by atoms with Gasteiger partial charge in [0.25, 0.3) is 0 Å². The quantitative estimate of drug-likeness (QED) is 0.121. The maximum Gasteiger partial charge on any atom is 0.187 e. The highest BCUT2D eigenvalue weighted by molar-refractivity contribution is 5.99. The van der Waals surface area contributed by atoms with Crippen molar-refractivity contribution in [3.8, 4) is 168 Å². The summed E-state index contributed by atoms with van der Waals surface area (Å²) in [6.07, 6.45) is 0.